The van der Waals surface area contributed by atoms with Gasteiger partial charge in [-0.2, -0.15) is 0 Å². The van der Waals surface area contributed by atoms with Crippen molar-refractivity contribution in [3.05, 3.63) is 73.5 Å². The largest absolute Gasteiger partial charge is 0.480 e. The van der Waals surface area contributed by atoms with Crippen molar-refractivity contribution in [1.82, 2.24) is 19.4 Å². The monoisotopic (exact) mass is 398 g/mol. The number of carboxylic acid groups (broad SMARTS) is 1. The molecule has 0 amide bonds. The quantitative estimate of drug-likeness (QED) is 0.621. The lowest BCUT2D eigenvalue weighted by atomic mass is 10.2. The molecule has 0 spiro atoms. The zero-order valence-electron chi connectivity index (χ0n) is 17.3. The zero-order chi connectivity index (χ0) is 21.6. The number of para-hydroxylation sites is 1. The Morgan fingerprint density at radius 3 is 2.45 bits per heavy atom. The van der Waals surface area contributed by atoms with Gasteiger partial charge in [-0.05, 0) is 33.2 Å². The number of benzene rings is 1. The van der Waals surface area contributed by atoms with Crippen molar-refractivity contribution in [2.45, 2.75) is 25.9 Å². The third kappa shape index (κ3) is 8.68. The van der Waals surface area contributed by atoms with E-state index in [1.165, 1.54) is 5.39 Å². The Bertz CT molecular complexity index is 812. The Morgan fingerprint density at radius 1 is 1.21 bits per heavy atom. The van der Waals surface area contributed by atoms with Crippen LogP contribution in [-0.2, 0) is 17.8 Å². The number of aliphatic hydroxyl groups excluding tert-OH is 1. The van der Waals surface area contributed by atoms with Gasteiger partial charge >= 0.3 is 5.97 Å². The summed E-state index contributed by atoms with van der Waals surface area (Å²) in [5, 5.41) is 18.2. The first kappa shape index (κ1) is 24.0. The van der Waals surface area contributed by atoms with Crippen LogP contribution in [-0.4, -0.2) is 62.4 Å². The minimum absolute atomic E-state index is 0.153. The summed E-state index contributed by atoms with van der Waals surface area (Å²) in [6.45, 7) is 6.03. The maximum Gasteiger partial charge on any atom is 0.320 e. The van der Waals surface area contributed by atoms with E-state index in [9.17, 15) is 4.79 Å². The van der Waals surface area contributed by atoms with Gasteiger partial charge in [0.2, 0.25) is 0 Å². The van der Waals surface area contributed by atoms with Gasteiger partial charge in [0.15, 0.2) is 0 Å². The molecule has 0 aliphatic heterocycles. The number of aromatic nitrogens is 3. The number of pyridine rings is 1. The molecule has 29 heavy (non-hydrogen) atoms. The summed E-state index contributed by atoms with van der Waals surface area (Å²) in [7, 11) is 3.47. The maximum atomic E-state index is 10.1. The fraction of sp³-hybridized carbons (Fsp3) is 0.318. The Kier molecular flexibility index (Phi) is 10.9. The van der Waals surface area contributed by atoms with Crippen molar-refractivity contribution >= 4 is 16.9 Å². The minimum Gasteiger partial charge on any atom is -0.480 e. The van der Waals surface area contributed by atoms with Gasteiger partial charge in [0, 0.05) is 36.9 Å². The molecule has 1 atom stereocenters. The molecule has 0 fully saturated rings. The highest BCUT2D eigenvalue weighted by molar-refractivity contribution is 5.77. The lowest BCUT2D eigenvalue weighted by Crippen LogP contribution is -2.32. The summed E-state index contributed by atoms with van der Waals surface area (Å²) in [4.78, 5) is 20.0. The molecule has 1 aromatic carbocycles. The normalized spacial score (nSPS) is 11.1. The Labute approximate surface area is 172 Å². The van der Waals surface area contributed by atoms with Crippen molar-refractivity contribution in [3.8, 4) is 0 Å². The van der Waals surface area contributed by atoms with Crippen LogP contribution in [0.3, 0.4) is 0 Å². The Hall–Kier alpha value is -3.03. The molecule has 2 N–H and O–H groups in total. The van der Waals surface area contributed by atoms with E-state index in [0.29, 0.717) is 6.54 Å². The molecule has 7 nitrogen and oxygen atoms in total. The van der Waals surface area contributed by atoms with Crippen molar-refractivity contribution in [3.63, 3.8) is 0 Å². The fourth-order valence-corrected chi connectivity index (χ4v) is 2.21. The lowest BCUT2D eigenvalue weighted by molar-refractivity contribution is -0.141. The molecule has 0 aliphatic rings. The fourth-order valence-electron chi connectivity index (χ4n) is 2.21. The maximum absolute atomic E-state index is 10.1. The van der Waals surface area contributed by atoms with E-state index in [-0.39, 0.29) is 12.6 Å². The molecule has 156 valence electrons. The van der Waals surface area contributed by atoms with E-state index in [4.69, 9.17) is 10.2 Å². The molecule has 0 bridgehead atoms. The number of hydrogen-bond donors (Lipinski definition) is 2. The summed E-state index contributed by atoms with van der Waals surface area (Å²) < 4.78 is 1.92. The van der Waals surface area contributed by atoms with Crippen LogP contribution < -0.4 is 0 Å². The number of imidazole rings is 1. The van der Waals surface area contributed by atoms with Crippen LogP contribution in [0.15, 0.2) is 67.6 Å². The van der Waals surface area contributed by atoms with E-state index in [2.05, 4.69) is 28.7 Å². The number of allylic oxidation sites excluding steroid dienone is 1. The van der Waals surface area contributed by atoms with E-state index in [0.717, 1.165) is 17.8 Å². The van der Waals surface area contributed by atoms with Crippen LogP contribution >= 0.6 is 0 Å². The summed E-state index contributed by atoms with van der Waals surface area (Å²) in [6.07, 6.45) is 7.95. The number of hydrogen-bond acceptors (Lipinski definition) is 5. The second kappa shape index (κ2) is 13.2. The van der Waals surface area contributed by atoms with Gasteiger partial charge in [-0.15, -0.1) is 6.58 Å². The van der Waals surface area contributed by atoms with Gasteiger partial charge in [-0.25, -0.2) is 4.98 Å². The average molecular weight is 399 g/mol. The van der Waals surface area contributed by atoms with E-state index >= 15 is 0 Å². The van der Waals surface area contributed by atoms with Crippen LogP contribution in [0.2, 0.25) is 0 Å². The molecular formula is C22H30N4O3. The molecule has 7 heteroatoms. The van der Waals surface area contributed by atoms with Gasteiger partial charge in [0.05, 0.1) is 12.1 Å². The van der Waals surface area contributed by atoms with E-state index < -0.39 is 5.97 Å². The number of rotatable bonds is 6. The van der Waals surface area contributed by atoms with Crippen LogP contribution in [0.1, 0.15) is 12.7 Å². The minimum atomic E-state index is -0.782. The molecule has 3 rings (SSSR count). The number of aliphatic carboxylic acids is 1. The number of carbonyl (C=O) groups is 1. The molecule has 2 aromatic heterocycles. The summed E-state index contributed by atoms with van der Waals surface area (Å²) in [5.74, 6) is 0.170. The van der Waals surface area contributed by atoms with Crippen LogP contribution in [0.4, 0.5) is 0 Å². The summed E-state index contributed by atoms with van der Waals surface area (Å²) >= 11 is 0. The summed E-state index contributed by atoms with van der Waals surface area (Å²) in [5.41, 5.74) is 1.06. The van der Waals surface area contributed by atoms with Crippen LogP contribution in [0.5, 0.6) is 0 Å². The number of fused-ring (bicyclic) bond motifs is 1. The molecule has 0 radical (unpaired) electrons. The smallest absolute Gasteiger partial charge is 0.320 e. The third-order valence-corrected chi connectivity index (χ3v) is 4.11. The Morgan fingerprint density at radius 2 is 1.90 bits per heavy atom. The van der Waals surface area contributed by atoms with Crippen molar-refractivity contribution in [2.75, 3.05) is 20.7 Å². The lowest BCUT2D eigenvalue weighted by Gasteiger charge is -2.13. The van der Waals surface area contributed by atoms with Gasteiger partial charge in [0.25, 0.3) is 0 Å². The van der Waals surface area contributed by atoms with Gasteiger partial charge < -0.3 is 14.8 Å². The topological polar surface area (TPSA) is 91.5 Å². The average Bonchev–Trinajstić information content (AvgIpc) is 3.16. The standard InChI is InChI=1S/C9H7N.C8H12N2O.C5H11NO2/c1-2-6-9-8(4-1)5-3-7-10-9;1-2-3-8-9-4-5-10(8)6-7-11;1-4(5(7)8)6(2)3/h1-7H;2,4-5,11H,1,3,6-7H2;4H,1-3H3,(H,7,8). The number of aliphatic hydroxyl groups is 1. The molecule has 0 saturated heterocycles. The Balaban J connectivity index is 0.000000221. The predicted molar refractivity (Wildman–Crippen MR) is 116 cm³/mol. The van der Waals surface area contributed by atoms with Crippen LogP contribution in [0.25, 0.3) is 10.9 Å². The highest BCUT2D eigenvalue weighted by Gasteiger charge is 2.11. The molecular weight excluding hydrogens is 368 g/mol. The molecule has 2 heterocycles. The van der Waals surface area contributed by atoms with Gasteiger partial charge in [-0.1, -0.05) is 30.3 Å². The molecule has 0 saturated carbocycles. The molecule has 0 aliphatic carbocycles. The highest BCUT2D eigenvalue weighted by atomic mass is 16.4. The predicted octanol–water partition coefficient (Wildman–Crippen LogP) is 2.86. The van der Waals surface area contributed by atoms with Crippen molar-refractivity contribution < 1.29 is 15.0 Å². The third-order valence-electron chi connectivity index (χ3n) is 4.11. The molecule has 3 aromatic rings. The number of carboxylic acids is 1. The summed E-state index contributed by atoms with van der Waals surface area (Å²) in [6, 6.07) is 11.7. The first-order valence-electron chi connectivity index (χ1n) is 9.31. The van der Waals surface area contributed by atoms with Crippen molar-refractivity contribution in [1.29, 1.82) is 0 Å². The van der Waals surface area contributed by atoms with Gasteiger partial charge in [-0.3, -0.25) is 14.7 Å². The molecule has 1 unspecified atom stereocenters. The van der Waals surface area contributed by atoms with Crippen molar-refractivity contribution in [2.24, 2.45) is 0 Å². The second-order valence-electron chi connectivity index (χ2n) is 6.43. The highest BCUT2D eigenvalue weighted by Crippen LogP contribution is 2.07. The number of likely N-dealkylation sites (N-methyl/N-ethyl adjacent to an activating group) is 1. The second-order valence-corrected chi connectivity index (χ2v) is 6.43. The SMILES string of the molecule is C=CCc1nccn1CCO.CC(C(=O)O)N(C)C.c1ccc2ncccc2c1. The van der Waals surface area contributed by atoms with Gasteiger partial charge in [0.1, 0.15) is 11.9 Å². The first-order valence-corrected chi connectivity index (χ1v) is 9.31. The first-order chi connectivity index (χ1) is 13.9. The zero-order valence-corrected chi connectivity index (χ0v) is 17.3. The van der Waals surface area contributed by atoms with Crippen LogP contribution in [0, 0.1) is 0 Å². The van der Waals surface area contributed by atoms with E-state index in [1.54, 1.807) is 38.2 Å². The van der Waals surface area contributed by atoms with E-state index in [1.807, 2.05) is 41.2 Å². The number of nitrogens with zero attached hydrogens (tertiary/aromatic N) is 4.